The first kappa shape index (κ1) is 42.6. The fraction of sp³-hybridized carbons (Fsp3) is 0.325. The number of benzene rings is 2. The van der Waals surface area contributed by atoms with Crippen LogP contribution >= 0.6 is 8.58 Å². The number of carbonyl (C=O) groups is 1. The van der Waals surface area contributed by atoms with Crippen LogP contribution in [0.2, 0.25) is 0 Å². The van der Waals surface area contributed by atoms with Crippen molar-refractivity contribution < 1.29 is 13.9 Å². The highest BCUT2D eigenvalue weighted by Crippen LogP contribution is 2.26. The summed E-state index contributed by atoms with van der Waals surface area (Å²) in [7, 11) is 0.545. The van der Waals surface area contributed by atoms with Crippen LogP contribution in [0.25, 0.3) is 11.1 Å². The minimum Gasteiger partial charge on any atom is -0.374 e. The molecule has 0 bridgehead atoms. The molecule has 0 saturated heterocycles. The quantitative estimate of drug-likeness (QED) is 0.0913. The molecule has 238 valence electrons. The number of halogens is 1. The average molecular weight is 617 g/mol. The van der Waals surface area contributed by atoms with E-state index in [4.69, 9.17) is 4.74 Å². The van der Waals surface area contributed by atoms with E-state index in [9.17, 15) is 9.18 Å². The Morgan fingerprint density at radius 3 is 2.23 bits per heavy atom. The van der Waals surface area contributed by atoms with Gasteiger partial charge in [0.2, 0.25) is 0 Å². The average Bonchev–Trinajstić information content (AvgIpc) is 3.06. The highest BCUT2D eigenvalue weighted by molar-refractivity contribution is 7.46. The summed E-state index contributed by atoms with van der Waals surface area (Å²) in [5, 5.41) is 0.985. The lowest BCUT2D eigenvalue weighted by Gasteiger charge is -2.18. The Kier molecular flexibility index (Phi) is 27.3. The van der Waals surface area contributed by atoms with Crippen LogP contribution in [-0.2, 0) is 11.2 Å². The predicted octanol–water partition coefficient (Wildman–Crippen LogP) is 11.0. The Labute approximate surface area is 270 Å². The van der Waals surface area contributed by atoms with E-state index in [1.165, 1.54) is 5.57 Å². The van der Waals surface area contributed by atoms with E-state index >= 15 is 0 Å². The van der Waals surface area contributed by atoms with Crippen molar-refractivity contribution in [2.45, 2.75) is 73.8 Å². The molecule has 2 rings (SSSR count). The van der Waals surface area contributed by atoms with Gasteiger partial charge in [-0.3, -0.25) is 4.79 Å². The van der Waals surface area contributed by atoms with Gasteiger partial charge in [-0.15, -0.1) is 12.8 Å². The minimum absolute atomic E-state index is 0.00911. The van der Waals surface area contributed by atoms with E-state index < -0.39 is 0 Å². The van der Waals surface area contributed by atoms with Crippen molar-refractivity contribution in [2.24, 2.45) is 0 Å². The first-order valence-corrected chi connectivity index (χ1v) is 16.8. The van der Waals surface area contributed by atoms with Gasteiger partial charge in [-0.2, -0.15) is 0 Å². The normalized spacial score (nSPS) is 12.3. The van der Waals surface area contributed by atoms with Crippen LogP contribution in [0.1, 0.15) is 77.2 Å². The number of aryl methyl sites for hydroxylation is 1. The second kappa shape index (κ2) is 28.2. The Morgan fingerprint density at radius 1 is 1.00 bits per heavy atom. The molecule has 0 aliphatic carbocycles. The number of hydrogen-bond donors (Lipinski definition) is 0. The Bertz CT molecular complexity index is 1260. The van der Waals surface area contributed by atoms with Crippen molar-refractivity contribution in [1.82, 2.24) is 0 Å². The summed E-state index contributed by atoms with van der Waals surface area (Å²) < 4.78 is 20.6. The number of ether oxygens (including phenoxy) is 1. The number of hydrogen-bond acceptors (Lipinski definition) is 2. The van der Waals surface area contributed by atoms with Crippen LogP contribution in [0, 0.1) is 18.7 Å². The third kappa shape index (κ3) is 18.2. The Morgan fingerprint density at radius 2 is 1.68 bits per heavy atom. The molecular formula is C40H54FO2P. The van der Waals surface area contributed by atoms with Crippen LogP contribution in [0.5, 0.6) is 0 Å². The summed E-state index contributed by atoms with van der Waals surface area (Å²) in [5.41, 5.74) is 5.37. The van der Waals surface area contributed by atoms with Gasteiger partial charge in [0.1, 0.15) is 12.1 Å². The van der Waals surface area contributed by atoms with Crippen molar-refractivity contribution >= 4 is 20.2 Å². The van der Waals surface area contributed by atoms with Gasteiger partial charge in [-0.1, -0.05) is 114 Å². The van der Waals surface area contributed by atoms with Crippen LogP contribution in [-0.4, -0.2) is 25.7 Å². The van der Waals surface area contributed by atoms with Gasteiger partial charge >= 0.3 is 0 Å². The lowest BCUT2D eigenvalue weighted by Crippen LogP contribution is -2.15. The first-order chi connectivity index (χ1) is 21.3. The van der Waals surface area contributed by atoms with Gasteiger partial charge in [-0.25, -0.2) is 4.39 Å². The maximum absolute atomic E-state index is 14.7. The molecule has 4 heteroatoms. The van der Waals surface area contributed by atoms with E-state index in [-0.39, 0.29) is 11.9 Å². The highest BCUT2D eigenvalue weighted by atomic mass is 31.1. The molecule has 2 atom stereocenters. The molecule has 2 unspecified atom stereocenters. The fourth-order valence-corrected chi connectivity index (χ4v) is 4.36. The lowest BCUT2D eigenvalue weighted by atomic mass is 9.95. The molecule has 0 aliphatic heterocycles. The van der Waals surface area contributed by atoms with Gasteiger partial charge in [0.25, 0.3) is 0 Å². The largest absolute Gasteiger partial charge is 0.374 e. The number of terminal acetylenes is 1. The molecule has 0 radical (unpaired) electrons. The third-order valence-corrected chi connectivity index (χ3v) is 7.14. The van der Waals surface area contributed by atoms with E-state index in [0.29, 0.717) is 26.3 Å². The van der Waals surface area contributed by atoms with Gasteiger partial charge in [0.05, 0.1) is 6.10 Å². The predicted molar refractivity (Wildman–Crippen MR) is 197 cm³/mol. The molecule has 2 nitrogen and oxygen atoms in total. The van der Waals surface area contributed by atoms with Crippen molar-refractivity contribution in [3.05, 3.63) is 126 Å². The molecule has 2 aromatic rings. The van der Waals surface area contributed by atoms with Crippen LogP contribution in [0.4, 0.5) is 4.39 Å². The maximum atomic E-state index is 14.7. The smallest absolute Gasteiger partial charge is 0.150 e. The third-order valence-electron chi connectivity index (χ3n) is 6.25. The van der Waals surface area contributed by atoms with Crippen LogP contribution in [0.3, 0.4) is 0 Å². The molecule has 0 aliphatic rings. The standard InChI is InChI=1S/C27H32FO2P.C9H14.C2H6.C2H2/c1-5-7-8-9-10-20(3)27(30-6-2)14-11-21-15-22(19-29)17-23(16-21)25-13-12-24(31-4)18-26(25)28;1-4-6-7-8-9(3)5-2;2*1-2/h5,7-10,12-13,15-19,27,31H,6,11,14H2,1-4H3;4,6-8H,1,5H2,2-3H3;1-2H3;1-2H/b7-5-,9-8-,20-10+;7-6-,9-8+;;. The van der Waals surface area contributed by atoms with Crippen LogP contribution < -0.4 is 5.30 Å². The van der Waals surface area contributed by atoms with Gasteiger partial charge < -0.3 is 4.74 Å². The van der Waals surface area contributed by atoms with E-state index in [0.717, 1.165) is 47.6 Å². The van der Waals surface area contributed by atoms with Gasteiger partial charge in [0.15, 0.2) is 0 Å². The molecular weight excluding hydrogens is 562 g/mol. The van der Waals surface area contributed by atoms with Crippen molar-refractivity contribution in [1.29, 1.82) is 0 Å². The SMILES string of the molecule is C#C.C=C/C=C\C=C(/C)CC.CC.C\C=C/C=C\C=C(/C)C(CCc1cc(C=O)cc(-c2ccc(PC)cc2F)c1)OCC. The van der Waals surface area contributed by atoms with Crippen molar-refractivity contribution in [3.8, 4) is 24.0 Å². The monoisotopic (exact) mass is 616 g/mol. The van der Waals surface area contributed by atoms with Crippen LogP contribution in [0.15, 0.2) is 109 Å². The number of rotatable bonds is 14. The van der Waals surface area contributed by atoms with Crippen molar-refractivity contribution in [3.63, 3.8) is 0 Å². The first-order valence-electron chi connectivity index (χ1n) is 15.3. The van der Waals surface area contributed by atoms with E-state index in [1.54, 1.807) is 18.2 Å². The Hall–Kier alpha value is -3.57. The summed E-state index contributed by atoms with van der Waals surface area (Å²) in [6.07, 6.45) is 29.3. The van der Waals surface area contributed by atoms with Crippen molar-refractivity contribution in [2.75, 3.05) is 13.3 Å². The van der Waals surface area contributed by atoms with E-state index in [2.05, 4.69) is 52.3 Å². The molecule has 0 N–H and O–H groups in total. The number of allylic oxidation sites excluding steroid dienone is 10. The molecule has 0 saturated carbocycles. The molecule has 0 aromatic heterocycles. The molecule has 44 heavy (non-hydrogen) atoms. The maximum Gasteiger partial charge on any atom is 0.150 e. The number of aldehydes is 1. The zero-order valence-electron chi connectivity index (χ0n) is 28.2. The summed E-state index contributed by atoms with van der Waals surface area (Å²) in [6.45, 7) is 20.5. The summed E-state index contributed by atoms with van der Waals surface area (Å²) in [6, 6.07) is 10.9. The summed E-state index contributed by atoms with van der Waals surface area (Å²) in [5.74, 6) is -0.250. The molecule has 0 amide bonds. The number of carbonyl (C=O) groups excluding carboxylic acids is 1. The topological polar surface area (TPSA) is 26.3 Å². The summed E-state index contributed by atoms with van der Waals surface area (Å²) in [4.78, 5) is 11.5. The van der Waals surface area contributed by atoms with Gasteiger partial charge in [-0.05, 0) is 93.8 Å². The molecule has 0 heterocycles. The molecule has 0 spiro atoms. The zero-order valence-corrected chi connectivity index (χ0v) is 29.2. The second-order valence-electron chi connectivity index (χ2n) is 9.32. The molecule has 2 aromatic carbocycles. The van der Waals surface area contributed by atoms with Gasteiger partial charge in [0, 0.05) is 17.7 Å². The fourth-order valence-electron chi connectivity index (χ4n) is 3.84. The summed E-state index contributed by atoms with van der Waals surface area (Å²) >= 11 is 0. The zero-order chi connectivity index (χ0) is 33.8. The minimum atomic E-state index is -0.250. The second-order valence-corrected chi connectivity index (χ2v) is 10.4. The molecule has 0 fully saturated rings. The lowest BCUT2D eigenvalue weighted by molar-refractivity contribution is 0.0824. The Balaban J connectivity index is 0. The van der Waals surface area contributed by atoms with E-state index in [1.807, 2.05) is 95.1 Å². The highest BCUT2D eigenvalue weighted by Gasteiger charge is 2.13.